The number of Topliss-reactive ketones (excluding diaryl/α,β-unsaturated/α-hetero) is 1. The minimum atomic E-state index is -0.547. The lowest BCUT2D eigenvalue weighted by atomic mass is 10.1. The van der Waals surface area contributed by atoms with E-state index in [2.05, 4.69) is 10.3 Å². The van der Waals surface area contributed by atoms with Crippen LogP contribution >= 0.6 is 22.9 Å². The van der Waals surface area contributed by atoms with Gasteiger partial charge in [-0.1, -0.05) is 41.1 Å². The van der Waals surface area contributed by atoms with Crippen molar-refractivity contribution in [2.75, 3.05) is 6.61 Å². The highest BCUT2D eigenvalue weighted by atomic mass is 35.5. The van der Waals surface area contributed by atoms with Crippen molar-refractivity contribution in [1.29, 1.82) is 0 Å². The largest absolute Gasteiger partial charge is 0.454 e. The zero-order valence-electron chi connectivity index (χ0n) is 14.5. The van der Waals surface area contributed by atoms with Gasteiger partial charge in [0.05, 0.1) is 26.8 Å². The van der Waals surface area contributed by atoms with E-state index in [1.807, 2.05) is 36.4 Å². The van der Waals surface area contributed by atoms with E-state index in [1.54, 1.807) is 28.9 Å². The summed E-state index contributed by atoms with van der Waals surface area (Å²) in [6, 6.07) is 18.0. The number of ether oxygens (including phenoxy) is 1. The lowest BCUT2D eigenvalue weighted by Gasteiger charge is -2.06. The second kappa shape index (κ2) is 7.92. The van der Waals surface area contributed by atoms with Crippen LogP contribution in [-0.2, 0) is 11.3 Å². The molecule has 2 aromatic carbocycles. The fraction of sp³-hybridized carbons (Fsp3) is 0.100. The van der Waals surface area contributed by atoms with E-state index in [0.29, 0.717) is 21.3 Å². The van der Waals surface area contributed by atoms with Crippen molar-refractivity contribution in [1.82, 2.24) is 15.0 Å². The Morgan fingerprint density at radius 1 is 1.04 bits per heavy atom. The number of esters is 1. The Kier molecular flexibility index (Phi) is 5.18. The molecule has 6 nitrogen and oxygen atoms in total. The monoisotopic (exact) mass is 411 g/mol. The van der Waals surface area contributed by atoms with Crippen molar-refractivity contribution >= 4 is 45.7 Å². The van der Waals surface area contributed by atoms with Crippen molar-refractivity contribution in [2.45, 2.75) is 6.54 Å². The summed E-state index contributed by atoms with van der Waals surface area (Å²) in [5.41, 5.74) is 3.12. The van der Waals surface area contributed by atoms with Gasteiger partial charge in [0, 0.05) is 0 Å². The van der Waals surface area contributed by atoms with Gasteiger partial charge in [-0.2, -0.15) is 0 Å². The molecule has 140 valence electrons. The Morgan fingerprint density at radius 2 is 1.82 bits per heavy atom. The molecule has 0 N–H and O–H groups in total. The highest BCUT2D eigenvalue weighted by Gasteiger charge is 2.14. The molecule has 0 unspecified atom stereocenters. The van der Waals surface area contributed by atoms with Gasteiger partial charge in [0.1, 0.15) is 5.52 Å². The van der Waals surface area contributed by atoms with Gasteiger partial charge in [-0.3, -0.25) is 4.79 Å². The molecule has 0 bridgehead atoms. The SMILES string of the molecule is O=C(OCC(=O)c1ccc(Cl)s1)c1ccc(Cn2nnc3ccccc32)cc1. The molecule has 0 aliphatic carbocycles. The molecule has 0 saturated heterocycles. The molecule has 8 heteroatoms. The van der Waals surface area contributed by atoms with Crippen molar-refractivity contribution in [3.05, 3.63) is 81.0 Å². The molecule has 0 amide bonds. The highest BCUT2D eigenvalue weighted by Crippen LogP contribution is 2.22. The maximum Gasteiger partial charge on any atom is 0.338 e. The maximum atomic E-state index is 12.2. The molecule has 4 rings (SSSR count). The van der Waals surface area contributed by atoms with Gasteiger partial charge in [-0.15, -0.1) is 16.4 Å². The fourth-order valence-electron chi connectivity index (χ4n) is 2.70. The number of para-hydroxylation sites is 1. The normalized spacial score (nSPS) is 10.9. The smallest absolute Gasteiger partial charge is 0.338 e. The third kappa shape index (κ3) is 3.95. The predicted octanol–water partition coefficient (Wildman–Crippen LogP) is 4.23. The summed E-state index contributed by atoms with van der Waals surface area (Å²) in [5.74, 6) is -0.825. The Hall–Kier alpha value is -3.03. The average molecular weight is 412 g/mol. The standard InChI is InChI=1S/C20H14ClN3O3S/c21-19-10-9-18(28-19)17(25)12-27-20(26)14-7-5-13(6-8-14)11-24-16-4-2-1-3-15(16)22-23-24/h1-10H,11-12H2. The molecule has 0 aliphatic rings. The van der Waals surface area contributed by atoms with Crippen molar-refractivity contribution < 1.29 is 14.3 Å². The average Bonchev–Trinajstić information content (AvgIpc) is 3.33. The number of benzene rings is 2. The summed E-state index contributed by atoms with van der Waals surface area (Å²) in [7, 11) is 0. The predicted molar refractivity (Wildman–Crippen MR) is 107 cm³/mol. The van der Waals surface area contributed by atoms with E-state index in [9.17, 15) is 9.59 Å². The van der Waals surface area contributed by atoms with Gasteiger partial charge in [0.25, 0.3) is 0 Å². The van der Waals surface area contributed by atoms with Crippen LogP contribution < -0.4 is 0 Å². The Balaban J connectivity index is 1.38. The van der Waals surface area contributed by atoms with Crippen molar-refractivity contribution in [3.63, 3.8) is 0 Å². The van der Waals surface area contributed by atoms with Crippen LogP contribution in [0.15, 0.2) is 60.7 Å². The van der Waals surface area contributed by atoms with Gasteiger partial charge in [0.2, 0.25) is 5.78 Å². The van der Waals surface area contributed by atoms with Crippen molar-refractivity contribution in [2.24, 2.45) is 0 Å². The first kappa shape index (κ1) is 18.3. The number of rotatable bonds is 6. The summed E-state index contributed by atoms with van der Waals surface area (Å²) in [6.07, 6.45) is 0. The third-order valence-electron chi connectivity index (χ3n) is 4.12. The molecule has 28 heavy (non-hydrogen) atoms. The molecular weight excluding hydrogens is 398 g/mol. The third-order valence-corrected chi connectivity index (χ3v) is 5.40. The van der Waals surface area contributed by atoms with Crippen LogP contribution in [-0.4, -0.2) is 33.4 Å². The second-order valence-corrected chi connectivity index (χ2v) is 7.75. The highest BCUT2D eigenvalue weighted by molar-refractivity contribution is 7.18. The van der Waals surface area contributed by atoms with E-state index in [-0.39, 0.29) is 12.4 Å². The van der Waals surface area contributed by atoms with E-state index in [1.165, 1.54) is 0 Å². The quantitative estimate of drug-likeness (QED) is 0.350. The number of nitrogens with zero attached hydrogens (tertiary/aromatic N) is 3. The first-order valence-electron chi connectivity index (χ1n) is 8.43. The maximum absolute atomic E-state index is 12.2. The van der Waals surface area contributed by atoms with Crippen LogP contribution in [0, 0.1) is 0 Å². The molecule has 0 aliphatic heterocycles. The molecule has 0 saturated carbocycles. The summed E-state index contributed by atoms with van der Waals surface area (Å²) in [5, 5.41) is 8.28. The minimum Gasteiger partial charge on any atom is -0.454 e. The summed E-state index contributed by atoms with van der Waals surface area (Å²) in [4.78, 5) is 24.6. The van der Waals surface area contributed by atoms with Gasteiger partial charge in [-0.25, -0.2) is 9.48 Å². The van der Waals surface area contributed by atoms with Gasteiger partial charge < -0.3 is 4.74 Å². The first-order chi connectivity index (χ1) is 13.6. The number of hydrogen-bond acceptors (Lipinski definition) is 6. The minimum absolute atomic E-state index is 0.278. The number of ketones is 1. The molecular formula is C20H14ClN3O3S. The van der Waals surface area contributed by atoms with Gasteiger partial charge in [0.15, 0.2) is 6.61 Å². The number of carbonyl (C=O) groups excluding carboxylic acids is 2. The Labute approximate surface area is 169 Å². The number of halogens is 1. The summed E-state index contributed by atoms with van der Waals surface area (Å²) in [6.45, 7) is 0.218. The molecule has 0 radical (unpaired) electrons. The molecule has 0 atom stereocenters. The van der Waals surface area contributed by atoms with Crippen LogP contribution in [0.2, 0.25) is 4.34 Å². The first-order valence-corrected chi connectivity index (χ1v) is 9.62. The number of carbonyl (C=O) groups is 2. The second-order valence-electron chi connectivity index (χ2n) is 6.04. The van der Waals surface area contributed by atoms with E-state index < -0.39 is 5.97 Å². The van der Waals surface area contributed by atoms with Crippen LogP contribution in [0.5, 0.6) is 0 Å². The molecule has 4 aromatic rings. The van der Waals surface area contributed by atoms with Crippen molar-refractivity contribution in [3.8, 4) is 0 Å². The number of thiophene rings is 1. The fourth-order valence-corrected chi connectivity index (χ4v) is 3.67. The van der Waals surface area contributed by atoms with Crippen LogP contribution in [0.4, 0.5) is 0 Å². The van der Waals surface area contributed by atoms with Crippen LogP contribution in [0.3, 0.4) is 0 Å². The Bertz CT molecular complexity index is 1150. The van der Waals surface area contributed by atoms with Gasteiger partial charge in [-0.05, 0) is 42.0 Å². The topological polar surface area (TPSA) is 74.1 Å². The van der Waals surface area contributed by atoms with E-state index >= 15 is 0 Å². The lowest BCUT2D eigenvalue weighted by Crippen LogP contribution is -2.13. The number of hydrogen-bond donors (Lipinski definition) is 0. The number of aromatic nitrogens is 3. The van der Waals surface area contributed by atoms with E-state index in [4.69, 9.17) is 16.3 Å². The molecule has 2 heterocycles. The Morgan fingerprint density at radius 3 is 2.57 bits per heavy atom. The van der Waals surface area contributed by atoms with E-state index in [0.717, 1.165) is 27.9 Å². The molecule has 2 aromatic heterocycles. The van der Waals surface area contributed by atoms with Crippen LogP contribution in [0.1, 0.15) is 25.6 Å². The van der Waals surface area contributed by atoms with Gasteiger partial charge >= 0.3 is 5.97 Å². The number of fused-ring (bicyclic) bond motifs is 1. The summed E-state index contributed by atoms with van der Waals surface area (Å²) >= 11 is 6.97. The molecule has 0 fully saturated rings. The lowest BCUT2D eigenvalue weighted by molar-refractivity contribution is 0.0476. The zero-order valence-corrected chi connectivity index (χ0v) is 16.1. The summed E-state index contributed by atoms with van der Waals surface area (Å²) < 4.78 is 7.42. The van der Waals surface area contributed by atoms with Crippen LogP contribution in [0.25, 0.3) is 11.0 Å². The zero-order chi connectivity index (χ0) is 19.5. The molecule has 0 spiro atoms.